The lowest BCUT2D eigenvalue weighted by atomic mass is 10.2. The number of hydrogen-bond acceptors (Lipinski definition) is 5. The van der Waals surface area contributed by atoms with E-state index >= 15 is 0 Å². The Morgan fingerprint density at radius 2 is 2.00 bits per heavy atom. The van der Waals surface area contributed by atoms with Crippen LogP contribution in [0.2, 0.25) is 0 Å². The van der Waals surface area contributed by atoms with E-state index in [0.29, 0.717) is 5.88 Å². The minimum atomic E-state index is 0.553. The predicted molar refractivity (Wildman–Crippen MR) is 82.7 cm³/mol. The molecule has 0 saturated heterocycles. The summed E-state index contributed by atoms with van der Waals surface area (Å²) < 4.78 is 5.98. The molecule has 0 aliphatic carbocycles. The molecule has 0 radical (unpaired) electrons. The van der Waals surface area contributed by atoms with Gasteiger partial charge in [0.1, 0.15) is 17.9 Å². The predicted octanol–water partition coefficient (Wildman–Crippen LogP) is 3.56. The summed E-state index contributed by atoms with van der Waals surface area (Å²) in [5.41, 5.74) is 1.79. The third kappa shape index (κ3) is 2.63. The monoisotopic (exact) mass is 280 g/mol. The Balaban J connectivity index is 2.01. The summed E-state index contributed by atoms with van der Waals surface area (Å²) in [4.78, 5) is 12.8. The Morgan fingerprint density at radius 3 is 2.86 bits per heavy atom. The van der Waals surface area contributed by atoms with Crippen molar-refractivity contribution >= 4 is 16.7 Å². The third-order valence-corrected chi connectivity index (χ3v) is 3.19. The number of nitrogens with zero attached hydrogens (tertiary/aromatic N) is 3. The molecule has 21 heavy (non-hydrogen) atoms. The molecule has 1 N–H and O–H groups in total. The second-order valence-electron chi connectivity index (χ2n) is 4.61. The minimum Gasteiger partial charge on any atom is -0.438 e. The van der Waals surface area contributed by atoms with Crippen LogP contribution in [0.25, 0.3) is 10.9 Å². The van der Waals surface area contributed by atoms with Crippen molar-refractivity contribution in [3.63, 3.8) is 0 Å². The molecule has 0 spiro atoms. The molecule has 0 bridgehead atoms. The highest BCUT2D eigenvalue weighted by Gasteiger charge is 2.10. The maximum atomic E-state index is 5.98. The number of benzene rings is 1. The summed E-state index contributed by atoms with van der Waals surface area (Å²) in [6.07, 6.45) is 3.27. The zero-order valence-electron chi connectivity index (χ0n) is 12.0. The van der Waals surface area contributed by atoms with Crippen LogP contribution in [-0.2, 0) is 0 Å². The van der Waals surface area contributed by atoms with Gasteiger partial charge in [-0.1, -0.05) is 6.07 Å². The third-order valence-electron chi connectivity index (χ3n) is 3.19. The molecule has 5 heteroatoms. The molecule has 0 saturated carbocycles. The standard InChI is InChI=1S/C16H16N4O/c1-3-17-15-11(2)16(20-10-19-15)21-14-8-4-7-13-12(14)6-5-9-18-13/h4-10H,3H2,1-2H3,(H,17,19,20). The summed E-state index contributed by atoms with van der Waals surface area (Å²) in [5.74, 6) is 2.09. The van der Waals surface area contributed by atoms with Crippen LogP contribution in [0.5, 0.6) is 11.6 Å². The van der Waals surface area contributed by atoms with Crippen LogP contribution in [-0.4, -0.2) is 21.5 Å². The Labute approximate surface area is 123 Å². The SMILES string of the molecule is CCNc1ncnc(Oc2cccc3ncccc23)c1C. The van der Waals surface area contributed by atoms with E-state index in [1.165, 1.54) is 6.33 Å². The Kier molecular flexibility index (Phi) is 3.64. The molecule has 0 fully saturated rings. The quantitative estimate of drug-likeness (QED) is 0.791. The number of ether oxygens (including phenoxy) is 1. The number of rotatable bonds is 4. The molecule has 0 aliphatic rings. The van der Waals surface area contributed by atoms with Gasteiger partial charge in [0.15, 0.2) is 0 Å². The van der Waals surface area contributed by atoms with Gasteiger partial charge in [-0.05, 0) is 38.1 Å². The van der Waals surface area contributed by atoms with Crippen molar-refractivity contribution in [3.8, 4) is 11.6 Å². The average molecular weight is 280 g/mol. The highest BCUT2D eigenvalue weighted by atomic mass is 16.5. The Morgan fingerprint density at radius 1 is 1.10 bits per heavy atom. The van der Waals surface area contributed by atoms with Gasteiger partial charge >= 0.3 is 0 Å². The van der Waals surface area contributed by atoms with Crippen molar-refractivity contribution in [3.05, 3.63) is 48.4 Å². The fraction of sp³-hybridized carbons (Fsp3) is 0.188. The first-order chi connectivity index (χ1) is 10.3. The molecule has 2 aromatic heterocycles. The van der Waals surface area contributed by atoms with Gasteiger partial charge in [-0.25, -0.2) is 9.97 Å². The summed E-state index contributed by atoms with van der Waals surface area (Å²) in [5, 5.41) is 4.16. The summed E-state index contributed by atoms with van der Waals surface area (Å²) in [6.45, 7) is 4.77. The highest BCUT2D eigenvalue weighted by molar-refractivity contribution is 5.85. The van der Waals surface area contributed by atoms with E-state index in [1.54, 1.807) is 6.20 Å². The normalized spacial score (nSPS) is 10.6. The molecular formula is C16H16N4O. The highest BCUT2D eigenvalue weighted by Crippen LogP contribution is 2.30. The minimum absolute atomic E-state index is 0.553. The van der Waals surface area contributed by atoms with Crippen LogP contribution in [0.15, 0.2) is 42.9 Å². The second kappa shape index (κ2) is 5.75. The fourth-order valence-electron chi connectivity index (χ4n) is 2.15. The molecule has 0 atom stereocenters. The lowest BCUT2D eigenvalue weighted by Crippen LogP contribution is -2.03. The van der Waals surface area contributed by atoms with Crippen molar-refractivity contribution < 1.29 is 4.74 Å². The van der Waals surface area contributed by atoms with Gasteiger partial charge in [0, 0.05) is 18.1 Å². The maximum Gasteiger partial charge on any atom is 0.227 e. The van der Waals surface area contributed by atoms with Crippen molar-refractivity contribution in [2.24, 2.45) is 0 Å². The number of aromatic nitrogens is 3. The summed E-state index contributed by atoms with van der Waals surface area (Å²) in [7, 11) is 0. The molecule has 0 amide bonds. The fourth-order valence-corrected chi connectivity index (χ4v) is 2.15. The molecule has 106 valence electrons. The van der Waals surface area contributed by atoms with Gasteiger partial charge in [-0.3, -0.25) is 4.98 Å². The second-order valence-corrected chi connectivity index (χ2v) is 4.61. The van der Waals surface area contributed by atoms with Crippen LogP contribution in [0.4, 0.5) is 5.82 Å². The number of anilines is 1. The molecule has 0 unspecified atom stereocenters. The van der Waals surface area contributed by atoms with E-state index < -0.39 is 0 Å². The van der Waals surface area contributed by atoms with Gasteiger partial charge in [-0.2, -0.15) is 0 Å². The van der Waals surface area contributed by atoms with E-state index in [9.17, 15) is 0 Å². The lowest BCUT2D eigenvalue weighted by Gasteiger charge is -2.12. The first kappa shape index (κ1) is 13.3. The molecule has 3 rings (SSSR count). The first-order valence-corrected chi connectivity index (χ1v) is 6.86. The van der Waals surface area contributed by atoms with Crippen molar-refractivity contribution in [1.29, 1.82) is 0 Å². The van der Waals surface area contributed by atoms with Gasteiger partial charge < -0.3 is 10.1 Å². The van der Waals surface area contributed by atoms with Gasteiger partial charge in [-0.15, -0.1) is 0 Å². The van der Waals surface area contributed by atoms with Crippen LogP contribution in [0.3, 0.4) is 0 Å². The topological polar surface area (TPSA) is 59.9 Å². The van der Waals surface area contributed by atoms with Crippen molar-refractivity contribution in [1.82, 2.24) is 15.0 Å². The van der Waals surface area contributed by atoms with Gasteiger partial charge in [0.25, 0.3) is 0 Å². The molecule has 1 aromatic carbocycles. The van der Waals surface area contributed by atoms with E-state index in [4.69, 9.17) is 4.74 Å². The van der Waals surface area contributed by atoms with Crippen molar-refractivity contribution in [2.45, 2.75) is 13.8 Å². The zero-order chi connectivity index (χ0) is 14.7. The Bertz CT molecular complexity index is 768. The van der Waals surface area contributed by atoms with E-state index in [2.05, 4.69) is 20.3 Å². The Hall–Kier alpha value is -2.69. The number of fused-ring (bicyclic) bond motifs is 1. The van der Waals surface area contributed by atoms with Crippen LogP contribution >= 0.6 is 0 Å². The lowest BCUT2D eigenvalue weighted by molar-refractivity contribution is 0.463. The van der Waals surface area contributed by atoms with Gasteiger partial charge in [0.05, 0.1) is 11.1 Å². The van der Waals surface area contributed by atoms with Gasteiger partial charge in [0.2, 0.25) is 5.88 Å². The summed E-state index contributed by atoms with van der Waals surface area (Å²) in [6, 6.07) is 9.68. The smallest absolute Gasteiger partial charge is 0.227 e. The van der Waals surface area contributed by atoms with E-state index in [0.717, 1.165) is 34.6 Å². The number of nitrogens with one attached hydrogen (secondary N) is 1. The van der Waals surface area contributed by atoms with Crippen molar-refractivity contribution in [2.75, 3.05) is 11.9 Å². The molecular weight excluding hydrogens is 264 g/mol. The van der Waals surface area contributed by atoms with E-state index in [1.807, 2.05) is 44.2 Å². The van der Waals surface area contributed by atoms with Crippen LogP contribution in [0, 0.1) is 6.92 Å². The largest absolute Gasteiger partial charge is 0.438 e. The van der Waals surface area contributed by atoms with Crippen LogP contribution in [0.1, 0.15) is 12.5 Å². The molecule has 0 aliphatic heterocycles. The maximum absolute atomic E-state index is 5.98. The molecule has 3 aromatic rings. The average Bonchev–Trinajstić information content (AvgIpc) is 2.52. The number of hydrogen-bond donors (Lipinski definition) is 1. The first-order valence-electron chi connectivity index (χ1n) is 6.86. The zero-order valence-corrected chi connectivity index (χ0v) is 12.0. The summed E-state index contributed by atoms with van der Waals surface area (Å²) >= 11 is 0. The van der Waals surface area contributed by atoms with E-state index in [-0.39, 0.29) is 0 Å². The number of pyridine rings is 1. The van der Waals surface area contributed by atoms with Crippen LogP contribution < -0.4 is 10.1 Å². The molecule has 5 nitrogen and oxygen atoms in total. The molecule has 2 heterocycles.